The number of nitrogens with zero attached hydrogens (tertiary/aromatic N) is 2. The van der Waals surface area contributed by atoms with E-state index in [0.717, 1.165) is 61.8 Å². The van der Waals surface area contributed by atoms with Gasteiger partial charge >= 0.3 is 6.18 Å². The Balaban J connectivity index is 1.30. The first-order valence-corrected chi connectivity index (χ1v) is 13.0. The van der Waals surface area contributed by atoms with Gasteiger partial charge in [-0.2, -0.15) is 13.2 Å². The Hall–Kier alpha value is -4.02. The van der Waals surface area contributed by atoms with Gasteiger partial charge in [-0.15, -0.1) is 0 Å². The standard InChI is InChI=1S/C30H32F3N5O2/c31-30(32,33)26-6-1-22(2-7-26)18-36-20-25(17-34)28-11-12-35-19-24(28)5-10-29(39)37-27-8-3-23(4-9-27)21-38-13-15-40-16-14-38/h1-4,6-9,11-12,17,19-20,34,36H,5,10,13-16,18,21H2,(H,37,39)/b25-20+,34-17?. The monoisotopic (exact) mass is 551 g/mol. The van der Waals surface area contributed by atoms with Crippen molar-refractivity contribution in [1.82, 2.24) is 15.2 Å². The van der Waals surface area contributed by atoms with E-state index in [9.17, 15) is 18.0 Å². The summed E-state index contributed by atoms with van der Waals surface area (Å²) >= 11 is 0. The zero-order valence-corrected chi connectivity index (χ0v) is 22.0. The summed E-state index contributed by atoms with van der Waals surface area (Å²) in [6, 6.07) is 14.5. The van der Waals surface area contributed by atoms with Crippen molar-refractivity contribution in [3.05, 3.63) is 101 Å². The van der Waals surface area contributed by atoms with Crippen LogP contribution in [0.2, 0.25) is 0 Å². The van der Waals surface area contributed by atoms with E-state index in [0.29, 0.717) is 24.1 Å². The number of hydrogen-bond donors (Lipinski definition) is 3. The lowest BCUT2D eigenvalue weighted by Crippen LogP contribution is -2.35. The molecule has 1 fully saturated rings. The minimum absolute atomic E-state index is 0.128. The van der Waals surface area contributed by atoms with Gasteiger partial charge in [-0.3, -0.25) is 14.7 Å². The molecule has 1 amide bonds. The number of amides is 1. The first-order valence-electron chi connectivity index (χ1n) is 13.0. The lowest BCUT2D eigenvalue weighted by Gasteiger charge is -2.26. The van der Waals surface area contributed by atoms with E-state index in [1.807, 2.05) is 24.3 Å². The van der Waals surface area contributed by atoms with Crippen molar-refractivity contribution in [3.8, 4) is 0 Å². The number of rotatable bonds is 11. The molecule has 0 radical (unpaired) electrons. The molecule has 2 aromatic carbocycles. The molecule has 7 nitrogen and oxygen atoms in total. The minimum Gasteiger partial charge on any atom is -0.386 e. The van der Waals surface area contributed by atoms with Gasteiger partial charge in [0.15, 0.2) is 0 Å². The summed E-state index contributed by atoms with van der Waals surface area (Å²) in [5.41, 5.74) is 4.02. The molecular formula is C30H32F3N5O2. The largest absolute Gasteiger partial charge is 0.416 e. The number of carbonyl (C=O) groups is 1. The Labute approximate surface area is 231 Å². The van der Waals surface area contributed by atoms with Gasteiger partial charge in [0.05, 0.1) is 18.8 Å². The Kier molecular flexibility index (Phi) is 10.0. The summed E-state index contributed by atoms with van der Waals surface area (Å²) in [4.78, 5) is 19.2. The quantitative estimate of drug-likeness (QED) is 0.282. The number of ether oxygens (including phenoxy) is 1. The number of anilines is 1. The number of halogens is 3. The molecule has 1 aromatic heterocycles. The Morgan fingerprint density at radius 2 is 1.73 bits per heavy atom. The fourth-order valence-corrected chi connectivity index (χ4v) is 4.38. The van der Waals surface area contributed by atoms with Crippen LogP contribution < -0.4 is 10.6 Å². The number of pyridine rings is 1. The summed E-state index contributed by atoms with van der Waals surface area (Å²) < 4.78 is 43.7. The summed E-state index contributed by atoms with van der Waals surface area (Å²) in [6.07, 6.45) is 2.41. The lowest BCUT2D eigenvalue weighted by atomic mass is 9.99. The lowest BCUT2D eigenvalue weighted by molar-refractivity contribution is -0.137. The van der Waals surface area contributed by atoms with E-state index in [2.05, 4.69) is 20.5 Å². The molecule has 0 unspecified atom stereocenters. The summed E-state index contributed by atoms with van der Waals surface area (Å²) in [6.45, 7) is 4.48. The molecule has 210 valence electrons. The van der Waals surface area contributed by atoms with Crippen LogP contribution >= 0.6 is 0 Å². The number of morpholine rings is 1. The molecule has 1 saturated heterocycles. The number of hydrogen-bond acceptors (Lipinski definition) is 6. The number of benzene rings is 2. The van der Waals surface area contributed by atoms with Gasteiger partial charge in [-0.1, -0.05) is 24.3 Å². The van der Waals surface area contributed by atoms with E-state index >= 15 is 0 Å². The van der Waals surface area contributed by atoms with E-state index in [1.54, 1.807) is 24.7 Å². The van der Waals surface area contributed by atoms with Crippen molar-refractivity contribution >= 4 is 23.4 Å². The second kappa shape index (κ2) is 13.9. The number of aryl methyl sites for hydroxylation is 1. The number of alkyl halides is 3. The highest BCUT2D eigenvalue weighted by atomic mass is 19.4. The number of nitrogens with one attached hydrogen (secondary N) is 3. The van der Waals surface area contributed by atoms with Gasteiger partial charge < -0.3 is 20.8 Å². The van der Waals surface area contributed by atoms with Gasteiger partial charge in [0.25, 0.3) is 0 Å². The van der Waals surface area contributed by atoms with Crippen molar-refractivity contribution in [1.29, 1.82) is 5.41 Å². The van der Waals surface area contributed by atoms with Crippen LogP contribution in [0.15, 0.2) is 73.2 Å². The summed E-state index contributed by atoms with van der Waals surface area (Å²) in [5, 5.41) is 13.9. The van der Waals surface area contributed by atoms with Crippen LogP contribution in [0.4, 0.5) is 18.9 Å². The molecule has 0 aliphatic carbocycles. The molecule has 40 heavy (non-hydrogen) atoms. The van der Waals surface area contributed by atoms with E-state index in [4.69, 9.17) is 10.1 Å². The number of allylic oxidation sites excluding steroid dienone is 1. The fourth-order valence-electron chi connectivity index (χ4n) is 4.38. The summed E-state index contributed by atoms with van der Waals surface area (Å²) in [7, 11) is 0. The second-order valence-electron chi connectivity index (χ2n) is 9.49. The zero-order valence-electron chi connectivity index (χ0n) is 22.0. The highest BCUT2D eigenvalue weighted by molar-refractivity contribution is 6.08. The van der Waals surface area contributed by atoms with Crippen LogP contribution in [0, 0.1) is 5.41 Å². The van der Waals surface area contributed by atoms with Crippen molar-refractivity contribution in [3.63, 3.8) is 0 Å². The topological polar surface area (TPSA) is 90.3 Å². The van der Waals surface area contributed by atoms with E-state index < -0.39 is 11.7 Å². The molecule has 3 N–H and O–H groups in total. The molecule has 0 atom stereocenters. The SMILES string of the molecule is N=C/C(=C\NCc1ccc(C(F)(F)F)cc1)c1ccncc1CCC(=O)Nc1ccc(CN2CCOCC2)cc1. The van der Waals surface area contributed by atoms with Gasteiger partial charge in [0.1, 0.15) is 0 Å². The molecular weight excluding hydrogens is 519 g/mol. The zero-order chi connectivity index (χ0) is 28.4. The molecule has 1 aliphatic rings. The number of carbonyl (C=O) groups excluding carboxylic acids is 1. The third kappa shape index (κ3) is 8.49. The van der Waals surface area contributed by atoms with Crippen LogP contribution in [0.25, 0.3) is 5.57 Å². The molecule has 10 heteroatoms. The predicted octanol–water partition coefficient (Wildman–Crippen LogP) is 5.28. The van der Waals surface area contributed by atoms with Gasteiger partial charge in [0.2, 0.25) is 5.91 Å². The van der Waals surface area contributed by atoms with Crippen LogP contribution in [-0.2, 0) is 35.2 Å². The first kappa shape index (κ1) is 29.0. The maximum atomic E-state index is 12.8. The molecule has 3 aromatic rings. The predicted molar refractivity (Wildman–Crippen MR) is 149 cm³/mol. The van der Waals surface area contributed by atoms with Crippen LogP contribution in [0.5, 0.6) is 0 Å². The van der Waals surface area contributed by atoms with E-state index in [-0.39, 0.29) is 12.3 Å². The number of aromatic nitrogens is 1. The second-order valence-corrected chi connectivity index (χ2v) is 9.49. The average Bonchev–Trinajstić information content (AvgIpc) is 2.96. The van der Waals surface area contributed by atoms with Gasteiger partial charge in [-0.25, -0.2) is 0 Å². The molecule has 2 heterocycles. The third-order valence-corrected chi connectivity index (χ3v) is 6.58. The van der Waals surface area contributed by atoms with Crippen molar-refractivity contribution in [2.45, 2.75) is 32.1 Å². The average molecular weight is 552 g/mol. The van der Waals surface area contributed by atoms with E-state index in [1.165, 1.54) is 23.9 Å². The Morgan fingerprint density at radius 1 is 1.02 bits per heavy atom. The van der Waals surface area contributed by atoms with Crippen LogP contribution in [0.1, 0.15) is 34.2 Å². The fraction of sp³-hybridized carbons (Fsp3) is 0.300. The van der Waals surface area contributed by atoms with Crippen molar-refractivity contribution in [2.75, 3.05) is 31.6 Å². The molecule has 0 spiro atoms. The highest BCUT2D eigenvalue weighted by Gasteiger charge is 2.29. The normalized spacial score (nSPS) is 14.5. The van der Waals surface area contributed by atoms with Crippen molar-refractivity contribution < 1.29 is 22.7 Å². The third-order valence-electron chi connectivity index (χ3n) is 6.58. The van der Waals surface area contributed by atoms with Crippen LogP contribution in [-0.4, -0.2) is 48.3 Å². The smallest absolute Gasteiger partial charge is 0.386 e. The van der Waals surface area contributed by atoms with Crippen molar-refractivity contribution in [2.24, 2.45) is 0 Å². The van der Waals surface area contributed by atoms with Gasteiger partial charge in [0, 0.05) is 68.7 Å². The Morgan fingerprint density at radius 3 is 2.40 bits per heavy atom. The maximum absolute atomic E-state index is 12.8. The Bertz CT molecular complexity index is 1300. The first-order chi connectivity index (χ1) is 19.3. The maximum Gasteiger partial charge on any atom is 0.416 e. The minimum atomic E-state index is -4.37. The summed E-state index contributed by atoms with van der Waals surface area (Å²) in [5.74, 6) is -0.128. The molecule has 1 aliphatic heterocycles. The van der Waals surface area contributed by atoms with Crippen LogP contribution in [0.3, 0.4) is 0 Å². The molecule has 0 saturated carbocycles. The molecule has 0 bridgehead atoms. The highest BCUT2D eigenvalue weighted by Crippen LogP contribution is 2.29. The van der Waals surface area contributed by atoms with Gasteiger partial charge in [-0.05, 0) is 59.0 Å². The molecule has 4 rings (SSSR count).